The molecule has 0 bridgehead atoms. The van der Waals surface area contributed by atoms with Crippen molar-refractivity contribution in [2.24, 2.45) is 11.8 Å². The summed E-state index contributed by atoms with van der Waals surface area (Å²) in [6.45, 7) is 11.9. The van der Waals surface area contributed by atoms with Gasteiger partial charge in [0.2, 0.25) is 0 Å². The van der Waals surface area contributed by atoms with Crippen molar-refractivity contribution in [1.29, 1.82) is 0 Å². The van der Waals surface area contributed by atoms with Crippen LogP contribution < -0.4 is 33.3 Å². The molecular weight excluding hydrogens is 1180 g/mol. The van der Waals surface area contributed by atoms with Crippen LogP contribution >= 0.6 is 48.0 Å². The van der Waals surface area contributed by atoms with Crippen LogP contribution in [0.25, 0.3) is 59.9 Å². The first kappa shape index (κ1) is 65.3. The average molecular weight is 1240 g/mol. The first-order valence-corrected chi connectivity index (χ1v) is 27.7. The SMILES string of the molecule is CCCCC(CC)COc1ccc(N(c2ccc(OCC(CC)CCCC)cc2)c2ccc(-c3sc(-c4ccc(-c5cc(OC=O)cc(-c6cc(OC=O)ccn6)n5)nc4)c4c3OCCO4)cc2)cc1.[N-]=C=S.[N-]=C=S.[N-]=C=S.[Ru+3]. The second kappa shape index (κ2) is 36.1. The third kappa shape index (κ3) is 19.3. The van der Waals surface area contributed by atoms with E-state index in [1.54, 1.807) is 41.8 Å². The van der Waals surface area contributed by atoms with Crippen molar-refractivity contribution >= 4 is 93.5 Å². The number of isothiocyanates is 3. The molecule has 8 rings (SSSR count). The number of hydrogen-bond donors (Lipinski definition) is 0. The molecule has 15 nitrogen and oxygen atoms in total. The van der Waals surface area contributed by atoms with Crippen LogP contribution in [0.3, 0.4) is 0 Å². The Kier molecular flexibility index (Phi) is 29.5. The fourth-order valence-electron chi connectivity index (χ4n) is 8.40. The molecule has 20 heteroatoms. The van der Waals surface area contributed by atoms with Crippen molar-refractivity contribution in [2.45, 2.75) is 79.1 Å². The molecule has 0 aliphatic carbocycles. The number of nitrogens with zero attached hydrogens (tertiary/aromatic N) is 7. The number of carbonyl (C=O) groups excluding carboxylic acids is 2. The Labute approximate surface area is 500 Å². The van der Waals surface area contributed by atoms with Gasteiger partial charge in [0, 0.05) is 53.2 Å². The van der Waals surface area contributed by atoms with Crippen LogP contribution in [-0.2, 0) is 29.1 Å². The van der Waals surface area contributed by atoms with E-state index in [2.05, 4.69) is 147 Å². The second-order valence-corrected chi connectivity index (χ2v) is 19.1. The third-order valence-corrected chi connectivity index (χ3v) is 13.7. The van der Waals surface area contributed by atoms with Gasteiger partial charge in [0.05, 0.1) is 45.7 Å². The largest absolute Gasteiger partial charge is 3.00 e. The molecule has 2 unspecified atom stereocenters. The third-order valence-electron chi connectivity index (χ3n) is 12.5. The normalized spacial score (nSPS) is 11.4. The minimum atomic E-state index is 0. The average Bonchev–Trinajstić information content (AvgIpc) is 3.87. The fourth-order valence-corrected chi connectivity index (χ4v) is 9.58. The minimum absolute atomic E-state index is 0. The summed E-state index contributed by atoms with van der Waals surface area (Å²) in [4.78, 5) is 40.4. The Hall–Kier alpha value is -7.23. The zero-order valence-electron chi connectivity index (χ0n) is 44.7. The van der Waals surface area contributed by atoms with Gasteiger partial charge in [-0.05, 0) is 109 Å². The number of fused-ring (bicyclic) bond motifs is 1. The van der Waals surface area contributed by atoms with Crippen molar-refractivity contribution in [3.63, 3.8) is 0 Å². The molecule has 4 aromatic heterocycles. The predicted octanol–water partition coefficient (Wildman–Crippen LogP) is 16.1. The van der Waals surface area contributed by atoms with Gasteiger partial charge >= 0.3 is 19.5 Å². The van der Waals surface area contributed by atoms with Gasteiger partial charge in [-0.25, -0.2) is 4.98 Å². The molecule has 415 valence electrons. The fraction of sp³-hybridized carbons (Fsp3) is 0.300. The first-order valence-electron chi connectivity index (χ1n) is 25.6. The molecule has 1 aliphatic rings. The quantitative estimate of drug-likeness (QED) is 0.0226. The number of rotatable bonds is 25. The molecular formula is C60H60N7O8RuS4. The van der Waals surface area contributed by atoms with Crippen LogP contribution in [0.4, 0.5) is 17.1 Å². The Bertz CT molecular complexity index is 3020. The van der Waals surface area contributed by atoms with Gasteiger partial charge in [-0.15, -0.1) is 11.3 Å². The summed E-state index contributed by atoms with van der Waals surface area (Å²) in [5, 5.41) is 25.4. The molecule has 7 aromatic rings. The number of anilines is 3. The molecule has 0 N–H and O–H groups in total. The van der Waals surface area contributed by atoms with E-state index in [1.807, 2.05) is 12.1 Å². The van der Waals surface area contributed by atoms with E-state index in [4.69, 9.17) is 54.6 Å². The molecule has 1 radical (unpaired) electrons. The van der Waals surface area contributed by atoms with Gasteiger partial charge in [0.25, 0.3) is 12.9 Å². The Morgan fingerprint density at radius 2 is 1.02 bits per heavy atom. The number of carbonyl (C=O) groups is 2. The summed E-state index contributed by atoms with van der Waals surface area (Å²) in [6, 6.07) is 35.4. The molecule has 0 saturated heterocycles. The van der Waals surface area contributed by atoms with E-state index in [9.17, 15) is 9.59 Å². The summed E-state index contributed by atoms with van der Waals surface area (Å²) in [5.41, 5.74) is 6.62. The topological polar surface area (TPSA) is 198 Å². The molecule has 80 heavy (non-hydrogen) atoms. The molecule has 0 spiro atoms. The van der Waals surface area contributed by atoms with Gasteiger partial charge in [-0.2, -0.15) is 15.5 Å². The van der Waals surface area contributed by atoms with Gasteiger partial charge in [-0.3, -0.25) is 19.6 Å². The maximum Gasteiger partial charge on any atom is 3.00 e. The van der Waals surface area contributed by atoms with Gasteiger partial charge in [0.1, 0.15) is 36.2 Å². The maximum absolute atomic E-state index is 11.4. The molecule has 2 atom stereocenters. The van der Waals surface area contributed by atoms with Crippen molar-refractivity contribution in [3.05, 3.63) is 138 Å². The summed E-state index contributed by atoms with van der Waals surface area (Å²) in [7, 11) is 0. The molecule has 0 fully saturated rings. The molecule has 1 aliphatic heterocycles. The van der Waals surface area contributed by atoms with E-state index in [-0.39, 0.29) is 25.2 Å². The Morgan fingerprint density at radius 1 is 0.588 bits per heavy atom. The first-order chi connectivity index (χ1) is 38.6. The number of hydrogen-bond acceptors (Lipinski definition) is 16. The number of ether oxygens (including phenoxy) is 6. The van der Waals surface area contributed by atoms with Crippen LogP contribution in [0.15, 0.2) is 122 Å². The monoisotopic (exact) mass is 1240 g/mol. The number of unbranched alkanes of at least 4 members (excludes halogenated alkanes) is 2. The van der Waals surface area contributed by atoms with E-state index >= 15 is 0 Å². The maximum atomic E-state index is 11.4. The number of pyridine rings is 3. The van der Waals surface area contributed by atoms with Gasteiger partial charge in [-0.1, -0.05) is 115 Å². The van der Waals surface area contributed by atoms with Crippen molar-refractivity contribution < 1.29 is 57.5 Å². The molecule has 5 heterocycles. The van der Waals surface area contributed by atoms with E-state index < -0.39 is 0 Å². The zero-order chi connectivity index (χ0) is 56.8. The molecule has 0 saturated carbocycles. The molecule has 3 aromatic carbocycles. The zero-order valence-corrected chi connectivity index (χ0v) is 49.7. The molecule has 0 amide bonds. The summed E-state index contributed by atoms with van der Waals surface area (Å²) >= 11 is 12.7. The number of thiophene rings is 1. The Morgan fingerprint density at radius 3 is 1.48 bits per heavy atom. The van der Waals surface area contributed by atoms with Crippen LogP contribution in [0, 0.1) is 11.8 Å². The van der Waals surface area contributed by atoms with Crippen LogP contribution in [0.5, 0.6) is 34.5 Å². The second-order valence-electron chi connectivity index (χ2n) is 17.5. The van der Waals surface area contributed by atoms with Crippen molar-refractivity contribution in [2.75, 3.05) is 31.3 Å². The summed E-state index contributed by atoms with van der Waals surface area (Å²) in [5.74, 6) is 4.74. The van der Waals surface area contributed by atoms with E-state index in [0.29, 0.717) is 91.2 Å². The minimum Gasteiger partial charge on any atom is -0.753 e. The van der Waals surface area contributed by atoms with Crippen LogP contribution in [0.1, 0.15) is 79.1 Å². The van der Waals surface area contributed by atoms with E-state index in [1.165, 1.54) is 60.2 Å². The smallest absolute Gasteiger partial charge is 0.753 e. The Balaban J connectivity index is 0.00000129. The standard InChI is InChI=1S/C57H60N4O8S.3CNS.Ru/c1-5-9-11-39(7-3)35-66-46-22-18-44(19-23-46)61(45-20-24-47(25-21-45)67-36-40(8-4)12-10-6-2)43-16-13-41(14-17-43)56-54-55(65-30-29-64-54)57(70-56)42-15-26-50(59-34-42)52-32-49(69-38-63)33-53(60-52)51-31-48(68-37-62)27-28-58-51;3*2-1-3;/h13-28,31-34,37-40H,5-12,29-30,35-36H2,1-4H3;;;;/q;3*-1;+3. The number of benzene rings is 3. The predicted molar refractivity (Wildman–Crippen MR) is 324 cm³/mol. The summed E-state index contributed by atoms with van der Waals surface area (Å²) in [6.07, 6.45) is 12.7. The number of thiocarbonyl (C=S) groups is 3. The summed E-state index contributed by atoms with van der Waals surface area (Å²) < 4.78 is 35.5. The number of aromatic nitrogens is 3. The van der Waals surface area contributed by atoms with Gasteiger partial charge < -0.3 is 49.5 Å². The van der Waals surface area contributed by atoms with Crippen LogP contribution in [0.2, 0.25) is 0 Å². The van der Waals surface area contributed by atoms with Gasteiger partial charge in [0.15, 0.2) is 11.5 Å². The van der Waals surface area contributed by atoms with Crippen LogP contribution in [-0.4, -0.2) is 69.8 Å². The van der Waals surface area contributed by atoms with E-state index in [0.717, 1.165) is 62.3 Å². The van der Waals surface area contributed by atoms with Crippen molar-refractivity contribution in [3.8, 4) is 78.2 Å². The van der Waals surface area contributed by atoms with Crippen molar-refractivity contribution in [1.82, 2.24) is 15.0 Å².